The minimum Gasteiger partial charge on any atom is -0.392 e. The number of thiazole rings is 1. The predicted octanol–water partition coefficient (Wildman–Crippen LogP) is 2.74. The summed E-state index contributed by atoms with van der Waals surface area (Å²) in [5, 5.41) is 15.3. The largest absolute Gasteiger partial charge is 0.392 e. The van der Waals surface area contributed by atoms with Crippen molar-refractivity contribution in [1.82, 2.24) is 15.2 Å². The zero-order valence-corrected chi connectivity index (χ0v) is 14.6. The van der Waals surface area contributed by atoms with E-state index in [4.69, 9.17) is 0 Å². The first-order valence-corrected chi connectivity index (χ1v) is 8.83. The number of hydrogen-bond acceptors (Lipinski definition) is 5. The summed E-state index contributed by atoms with van der Waals surface area (Å²) in [6, 6.07) is 4.00. The van der Waals surface area contributed by atoms with Crippen molar-refractivity contribution in [3.63, 3.8) is 0 Å². The number of thiophene rings is 1. The number of urea groups is 1. The van der Waals surface area contributed by atoms with Crippen LogP contribution in [-0.2, 0) is 6.42 Å². The van der Waals surface area contributed by atoms with Gasteiger partial charge >= 0.3 is 6.03 Å². The molecule has 0 aliphatic rings. The second-order valence-electron chi connectivity index (χ2n) is 5.23. The molecule has 1 unspecified atom stereocenters. The van der Waals surface area contributed by atoms with Gasteiger partial charge in [0.25, 0.3) is 0 Å². The lowest BCUT2D eigenvalue weighted by atomic mass is 10.3. The molecule has 0 bridgehead atoms. The van der Waals surface area contributed by atoms with E-state index in [1.165, 1.54) is 9.78 Å². The highest BCUT2D eigenvalue weighted by atomic mass is 32.1. The Labute approximate surface area is 138 Å². The van der Waals surface area contributed by atoms with E-state index in [1.54, 1.807) is 36.6 Å². The van der Waals surface area contributed by atoms with Gasteiger partial charge < -0.3 is 15.3 Å². The van der Waals surface area contributed by atoms with Crippen LogP contribution in [0.3, 0.4) is 0 Å². The topological polar surface area (TPSA) is 65.5 Å². The number of aliphatic hydroxyl groups excluding tert-OH is 1. The Morgan fingerprint density at radius 1 is 1.50 bits per heavy atom. The molecule has 2 rings (SSSR count). The lowest BCUT2D eigenvalue weighted by Gasteiger charge is -2.19. The third-order valence-electron chi connectivity index (χ3n) is 3.07. The van der Waals surface area contributed by atoms with Crippen molar-refractivity contribution in [2.24, 2.45) is 0 Å². The molecule has 0 aliphatic heterocycles. The first-order chi connectivity index (χ1) is 10.5. The van der Waals surface area contributed by atoms with Crippen LogP contribution in [0.15, 0.2) is 17.5 Å². The number of likely N-dealkylation sites (N-methyl/N-ethyl adjacent to an activating group) is 1. The molecule has 5 nitrogen and oxygen atoms in total. The molecule has 0 spiro atoms. The van der Waals surface area contributed by atoms with Crippen LogP contribution >= 0.6 is 22.7 Å². The number of aliphatic hydroxyl groups is 1. The molecule has 0 aliphatic carbocycles. The molecule has 2 heterocycles. The van der Waals surface area contributed by atoms with Crippen molar-refractivity contribution in [1.29, 1.82) is 0 Å². The Kier molecular flexibility index (Phi) is 5.93. The number of hydrogen-bond donors (Lipinski definition) is 2. The third kappa shape index (κ3) is 4.79. The fourth-order valence-corrected chi connectivity index (χ4v) is 3.69. The number of nitrogens with one attached hydrogen (secondary N) is 1. The molecule has 7 heteroatoms. The van der Waals surface area contributed by atoms with Gasteiger partial charge in [-0.3, -0.25) is 0 Å². The highest BCUT2D eigenvalue weighted by Gasteiger charge is 2.10. The van der Waals surface area contributed by atoms with Gasteiger partial charge in [-0.2, -0.15) is 0 Å². The Hall–Kier alpha value is -1.44. The number of amides is 2. The highest BCUT2D eigenvalue weighted by Crippen LogP contribution is 2.29. The van der Waals surface area contributed by atoms with E-state index in [9.17, 15) is 9.90 Å². The van der Waals surface area contributed by atoms with E-state index in [0.717, 1.165) is 22.0 Å². The normalized spacial score (nSPS) is 12.2. The molecule has 0 saturated carbocycles. The molecular weight excluding hydrogens is 318 g/mol. The molecule has 0 radical (unpaired) electrons. The van der Waals surface area contributed by atoms with Crippen molar-refractivity contribution in [2.75, 3.05) is 20.1 Å². The average molecular weight is 339 g/mol. The minimum absolute atomic E-state index is 0.159. The van der Waals surface area contributed by atoms with Gasteiger partial charge in [-0.1, -0.05) is 0 Å². The molecular formula is C15H21N3O2S2. The standard InChI is InChI=1S/C15H21N3O2S2/c1-10(19)8-18(3)15(20)16-7-6-12-4-5-14(22-12)13-9-21-11(2)17-13/h4-5,9-10,19H,6-8H2,1-3H3,(H,16,20). The third-order valence-corrected chi connectivity index (χ3v) is 5.01. The summed E-state index contributed by atoms with van der Waals surface area (Å²) in [7, 11) is 1.68. The zero-order chi connectivity index (χ0) is 16.1. The molecule has 2 aromatic heterocycles. The van der Waals surface area contributed by atoms with Crippen molar-refractivity contribution >= 4 is 28.7 Å². The quantitative estimate of drug-likeness (QED) is 0.850. The van der Waals surface area contributed by atoms with Gasteiger partial charge in [-0.05, 0) is 32.4 Å². The van der Waals surface area contributed by atoms with Crippen molar-refractivity contribution in [3.8, 4) is 10.6 Å². The number of aromatic nitrogens is 1. The average Bonchev–Trinajstić information content (AvgIpc) is 3.06. The number of nitrogens with zero attached hydrogens (tertiary/aromatic N) is 2. The molecule has 22 heavy (non-hydrogen) atoms. The van der Waals surface area contributed by atoms with Crippen LogP contribution in [0.4, 0.5) is 4.79 Å². The first kappa shape index (κ1) is 16.9. The lowest BCUT2D eigenvalue weighted by molar-refractivity contribution is 0.144. The summed E-state index contributed by atoms with van der Waals surface area (Å²) in [5.41, 5.74) is 1.03. The Morgan fingerprint density at radius 3 is 2.91 bits per heavy atom. The molecule has 0 fully saturated rings. The fourth-order valence-electron chi connectivity index (χ4n) is 2.03. The molecule has 2 amide bonds. The van der Waals surface area contributed by atoms with Crippen molar-refractivity contribution in [2.45, 2.75) is 26.4 Å². The molecule has 0 aromatic carbocycles. The lowest BCUT2D eigenvalue weighted by Crippen LogP contribution is -2.41. The second-order valence-corrected chi connectivity index (χ2v) is 7.46. The number of rotatable bonds is 6. The highest BCUT2D eigenvalue weighted by molar-refractivity contribution is 7.16. The first-order valence-electron chi connectivity index (χ1n) is 7.14. The SMILES string of the molecule is Cc1nc(-c2ccc(CCNC(=O)N(C)CC(C)O)s2)cs1. The van der Waals surface area contributed by atoms with E-state index < -0.39 is 6.10 Å². The maximum absolute atomic E-state index is 11.8. The van der Waals surface area contributed by atoms with E-state index in [2.05, 4.69) is 27.8 Å². The molecule has 1 atom stereocenters. The smallest absolute Gasteiger partial charge is 0.317 e. The summed E-state index contributed by atoms with van der Waals surface area (Å²) in [4.78, 5) is 20.2. The Bertz CT molecular complexity index is 622. The molecule has 120 valence electrons. The zero-order valence-electron chi connectivity index (χ0n) is 13.0. The van der Waals surface area contributed by atoms with Gasteiger partial charge in [-0.15, -0.1) is 22.7 Å². The van der Waals surface area contributed by atoms with Gasteiger partial charge in [0.15, 0.2) is 0 Å². The fraction of sp³-hybridized carbons (Fsp3) is 0.467. The maximum atomic E-state index is 11.8. The number of aryl methyl sites for hydroxylation is 1. The monoisotopic (exact) mass is 339 g/mol. The summed E-state index contributed by atoms with van der Waals surface area (Å²) in [6.07, 6.45) is 0.277. The van der Waals surface area contributed by atoms with Crippen LogP contribution in [-0.4, -0.2) is 47.3 Å². The second kappa shape index (κ2) is 7.71. The molecule has 2 N–H and O–H groups in total. The summed E-state index contributed by atoms with van der Waals surface area (Å²) < 4.78 is 0. The van der Waals surface area contributed by atoms with Crippen molar-refractivity contribution < 1.29 is 9.90 Å². The van der Waals surface area contributed by atoms with Crippen LogP contribution in [0.1, 0.15) is 16.8 Å². The van der Waals surface area contributed by atoms with Crippen molar-refractivity contribution in [3.05, 3.63) is 27.4 Å². The van der Waals surface area contributed by atoms with Crippen LogP contribution in [0.2, 0.25) is 0 Å². The number of carbonyl (C=O) groups excluding carboxylic acids is 1. The minimum atomic E-state index is -0.517. The summed E-state index contributed by atoms with van der Waals surface area (Å²) in [6.45, 7) is 4.58. The van der Waals surface area contributed by atoms with E-state index in [-0.39, 0.29) is 6.03 Å². The van der Waals surface area contributed by atoms with E-state index in [0.29, 0.717) is 13.1 Å². The van der Waals surface area contributed by atoms with Crippen LogP contribution < -0.4 is 5.32 Å². The predicted molar refractivity (Wildman–Crippen MR) is 91.6 cm³/mol. The molecule has 2 aromatic rings. The van der Waals surface area contributed by atoms with Crippen LogP contribution in [0, 0.1) is 6.92 Å². The van der Waals surface area contributed by atoms with Gasteiger partial charge in [0, 0.05) is 30.4 Å². The van der Waals surface area contributed by atoms with E-state index >= 15 is 0 Å². The van der Waals surface area contributed by atoms with Gasteiger partial charge in [0.2, 0.25) is 0 Å². The van der Waals surface area contributed by atoms with Gasteiger partial charge in [0.05, 0.1) is 21.7 Å². The Morgan fingerprint density at radius 2 is 2.27 bits per heavy atom. The van der Waals surface area contributed by atoms with Gasteiger partial charge in [-0.25, -0.2) is 9.78 Å². The summed E-state index contributed by atoms with van der Waals surface area (Å²) >= 11 is 3.36. The summed E-state index contributed by atoms with van der Waals surface area (Å²) in [5.74, 6) is 0. The van der Waals surface area contributed by atoms with E-state index in [1.807, 2.05) is 6.92 Å². The Balaban J connectivity index is 1.80. The van der Waals surface area contributed by atoms with Gasteiger partial charge in [0.1, 0.15) is 0 Å². The van der Waals surface area contributed by atoms with Crippen LogP contribution in [0.25, 0.3) is 10.6 Å². The maximum Gasteiger partial charge on any atom is 0.317 e. The molecule has 0 saturated heterocycles. The van der Waals surface area contributed by atoms with Crippen LogP contribution in [0.5, 0.6) is 0 Å². The number of carbonyl (C=O) groups is 1.